The summed E-state index contributed by atoms with van der Waals surface area (Å²) < 4.78 is 17.0. The van der Waals surface area contributed by atoms with Crippen molar-refractivity contribution in [3.8, 4) is 0 Å². The molecule has 0 unspecified atom stereocenters. The Morgan fingerprint density at radius 3 is 2.27 bits per heavy atom. The summed E-state index contributed by atoms with van der Waals surface area (Å²) in [6.07, 6.45) is 8.27. The number of ether oxygens (including phenoxy) is 3. The number of hydrogen-bond donors (Lipinski definition) is 0. The molecule has 0 amide bonds. The van der Waals surface area contributed by atoms with Crippen LogP contribution in [0.25, 0.3) is 0 Å². The van der Waals surface area contributed by atoms with Crippen molar-refractivity contribution in [2.75, 3.05) is 0 Å². The number of rotatable bonds is 3. The SMILES string of the molecule is CC(=O)O[C@@H]1C=C2CC[C@@H]3[C@H](CC[C@]4(C)[C@@H](OC(C)=O)CC[C@@H]34)[C@H]2[C@H](OC(C)=O)C1. The van der Waals surface area contributed by atoms with Crippen LogP contribution in [0.3, 0.4) is 0 Å². The van der Waals surface area contributed by atoms with Crippen molar-refractivity contribution >= 4 is 17.9 Å². The largest absolute Gasteiger partial charge is 0.462 e. The van der Waals surface area contributed by atoms with Crippen LogP contribution in [-0.2, 0) is 28.6 Å². The van der Waals surface area contributed by atoms with Crippen LogP contribution in [0, 0.1) is 29.1 Å². The van der Waals surface area contributed by atoms with Crippen molar-refractivity contribution in [1.82, 2.24) is 0 Å². The van der Waals surface area contributed by atoms with E-state index in [-0.39, 0.29) is 47.6 Å². The van der Waals surface area contributed by atoms with Crippen molar-refractivity contribution in [2.24, 2.45) is 29.1 Å². The molecule has 0 aromatic rings. The van der Waals surface area contributed by atoms with Crippen LogP contribution in [0.1, 0.15) is 72.6 Å². The number of esters is 3. The van der Waals surface area contributed by atoms with Crippen LogP contribution in [0.15, 0.2) is 11.6 Å². The summed E-state index contributed by atoms with van der Waals surface area (Å²) in [6.45, 7) is 6.69. The third-order valence-electron chi connectivity index (χ3n) is 8.27. The van der Waals surface area contributed by atoms with Gasteiger partial charge in [-0.15, -0.1) is 0 Å². The van der Waals surface area contributed by atoms with Crippen molar-refractivity contribution < 1.29 is 28.6 Å². The first-order chi connectivity index (χ1) is 14.2. The van der Waals surface area contributed by atoms with Crippen LogP contribution < -0.4 is 0 Å². The van der Waals surface area contributed by atoms with E-state index in [9.17, 15) is 14.4 Å². The van der Waals surface area contributed by atoms with Gasteiger partial charge in [0.2, 0.25) is 0 Å². The van der Waals surface area contributed by atoms with Crippen LogP contribution in [-0.4, -0.2) is 36.2 Å². The molecule has 3 fully saturated rings. The van der Waals surface area contributed by atoms with E-state index < -0.39 is 0 Å². The van der Waals surface area contributed by atoms with E-state index in [1.54, 1.807) is 0 Å². The third kappa shape index (κ3) is 3.78. The Bertz CT molecular complexity index is 757. The highest BCUT2D eigenvalue weighted by Gasteiger charge is 2.58. The van der Waals surface area contributed by atoms with E-state index in [4.69, 9.17) is 14.2 Å². The molecule has 0 aromatic heterocycles. The zero-order valence-electron chi connectivity index (χ0n) is 18.5. The Balaban J connectivity index is 1.59. The highest BCUT2D eigenvalue weighted by atomic mass is 16.6. The highest BCUT2D eigenvalue weighted by Crippen LogP contribution is 2.62. The van der Waals surface area contributed by atoms with Crippen LogP contribution in [0.5, 0.6) is 0 Å². The van der Waals surface area contributed by atoms with Gasteiger partial charge in [-0.05, 0) is 62.4 Å². The average molecular weight is 419 g/mol. The molecule has 4 aliphatic rings. The number of carbonyl (C=O) groups is 3. The molecule has 6 heteroatoms. The maximum atomic E-state index is 11.9. The fraction of sp³-hybridized carbons (Fsp3) is 0.792. The van der Waals surface area contributed by atoms with E-state index in [1.165, 1.54) is 26.3 Å². The van der Waals surface area contributed by atoms with Crippen molar-refractivity contribution in [3.05, 3.63) is 11.6 Å². The molecule has 4 aliphatic carbocycles. The van der Waals surface area contributed by atoms with Crippen molar-refractivity contribution in [1.29, 1.82) is 0 Å². The molecule has 0 aliphatic heterocycles. The van der Waals surface area contributed by atoms with Gasteiger partial charge >= 0.3 is 17.9 Å². The van der Waals surface area contributed by atoms with E-state index in [0.717, 1.165) is 38.5 Å². The summed E-state index contributed by atoms with van der Waals surface area (Å²) in [5.74, 6) is 0.985. The summed E-state index contributed by atoms with van der Waals surface area (Å²) in [5, 5.41) is 0. The molecule has 0 spiro atoms. The lowest BCUT2D eigenvalue weighted by Crippen LogP contribution is -2.51. The number of hydrogen-bond acceptors (Lipinski definition) is 6. The minimum absolute atomic E-state index is 0.0156. The van der Waals surface area contributed by atoms with Crippen LogP contribution in [0.4, 0.5) is 0 Å². The topological polar surface area (TPSA) is 78.9 Å². The molecule has 6 nitrogen and oxygen atoms in total. The van der Waals surface area contributed by atoms with Gasteiger partial charge in [0.15, 0.2) is 0 Å². The van der Waals surface area contributed by atoms with Gasteiger partial charge in [-0.2, -0.15) is 0 Å². The summed E-state index contributed by atoms with van der Waals surface area (Å²) in [4.78, 5) is 35.0. The lowest BCUT2D eigenvalue weighted by atomic mass is 9.51. The molecule has 8 atom stereocenters. The highest BCUT2D eigenvalue weighted by molar-refractivity contribution is 5.67. The first kappa shape index (κ1) is 21.4. The first-order valence-corrected chi connectivity index (χ1v) is 11.4. The molecule has 0 radical (unpaired) electrons. The second-order valence-electron chi connectivity index (χ2n) is 9.99. The van der Waals surface area contributed by atoms with Crippen molar-refractivity contribution in [3.63, 3.8) is 0 Å². The zero-order chi connectivity index (χ0) is 21.6. The number of carbonyl (C=O) groups excluding carboxylic acids is 3. The lowest BCUT2D eigenvalue weighted by molar-refractivity contribution is -0.161. The molecule has 0 N–H and O–H groups in total. The maximum Gasteiger partial charge on any atom is 0.303 e. The first-order valence-electron chi connectivity index (χ1n) is 11.4. The summed E-state index contributed by atoms with van der Waals surface area (Å²) in [7, 11) is 0. The fourth-order valence-corrected chi connectivity index (χ4v) is 7.32. The van der Waals surface area contributed by atoms with Gasteiger partial charge in [0.25, 0.3) is 0 Å². The van der Waals surface area contributed by atoms with Gasteiger partial charge < -0.3 is 14.2 Å². The molecule has 4 rings (SSSR count). The molecule has 3 saturated carbocycles. The summed E-state index contributed by atoms with van der Waals surface area (Å²) in [5.41, 5.74) is 1.33. The quantitative estimate of drug-likeness (QED) is 0.392. The Hall–Kier alpha value is -1.85. The Morgan fingerprint density at radius 1 is 0.900 bits per heavy atom. The second kappa shape index (κ2) is 8.01. The zero-order valence-corrected chi connectivity index (χ0v) is 18.5. The van der Waals surface area contributed by atoms with Crippen LogP contribution >= 0.6 is 0 Å². The predicted octanol–water partition coefficient (Wildman–Crippen LogP) is 3.96. The van der Waals surface area contributed by atoms with Gasteiger partial charge in [-0.1, -0.05) is 12.5 Å². The minimum atomic E-state index is -0.316. The van der Waals surface area contributed by atoms with Gasteiger partial charge in [-0.3, -0.25) is 14.4 Å². The summed E-state index contributed by atoms with van der Waals surface area (Å²) in [6, 6.07) is 0. The van der Waals surface area contributed by atoms with Gasteiger partial charge in [0.05, 0.1) is 0 Å². The monoisotopic (exact) mass is 418 g/mol. The molecular weight excluding hydrogens is 384 g/mol. The molecule has 166 valence electrons. The molecule has 0 aromatic carbocycles. The molecular formula is C24H34O6. The van der Waals surface area contributed by atoms with E-state index in [2.05, 4.69) is 13.0 Å². The molecule has 30 heavy (non-hydrogen) atoms. The third-order valence-corrected chi connectivity index (χ3v) is 8.27. The smallest absolute Gasteiger partial charge is 0.303 e. The Labute approximate surface area is 178 Å². The normalized spacial score (nSPS) is 42.1. The maximum absolute atomic E-state index is 11.9. The number of fused-ring (bicyclic) bond motifs is 5. The van der Waals surface area contributed by atoms with Gasteiger partial charge in [0, 0.05) is 38.5 Å². The van der Waals surface area contributed by atoms with E-state index in [1.807, 2.05) is 0 Å². The van der Waals surface area contributed by atoms with Crippen molar-refractivity contribution in [2.45, 2.75) is 91.0 Å². The van der Waals surface area contributed by atoms with Gasteiger partial charge in [-0.25, -0.2) is 0 Å². The molecule has 0 saturated heterocycles. The average Bonchev–Trinajstić information content (AvgIpc) is 2.96. The predicted molar refractivity (Wildman–Crippen MR) is 109 cm³/mol. The van der Waals surface area contributed by atoms with E-state index in [0.29, 0.717) is 24.2 Å². The standard InChI is InChI=1S/C24H34O6/c1-13(25)28-17-11-16-5-6-18-19(23(16)21(12-17)29-14(2)26)9-10-24(4)20(18)7-8-22(24)30-15(3)27/h11,17-23H,5-10,12H2,1-4H3/t17-,18-,19+,20+,21-,22+,23+,24+/m1/s1. The van der Waals surface area contributed by atoms with Crippen LogP contribution in [0.2, 0.25) is 0 Å². The molecule has 0 bridgehead atoms. The minimum Gasteiger partial charge on any atom is -0.462 e. The van der Waals surface area contributed by atoms with E-state index >= 15 is 0 Å². The second-order valence-corrected chi connectivity index (χ2v) is 9.99. The Morgan fingerprint density at radius 2 is 1.60 bits per heavy atom. The molecule has 0 heterocycles. The van der Waals surface area contributed by atoms with Gasteiger partial charge in [0.1, 0.15) is 18.3 Å². The lowest BCUT2D eigenvalue weighted by Gasteiger charge is -2.55. The summed E-state index contributed by atoms with van der Waals surface area (Å²) >= 11 is 0. The fourth-order valence-electron chi connectivity index (χ4n) is 7.32. The Kier molecular flexibility index (Phi) is 5.71.